The van der Waals surface area contributed by atoms with E-state index in [4.69, 9.17) is 0 Å². The fourth-order valence-corrected chi connectivity index (χ4v) is 1.55. The van der Waals surface area contributed by atoms with E-state index in [0.717, 1.165) is 11.1 Å². The van der Waals surface area contributed by atoms with E-state index in [-0.39, 0.29) is 5.78 Å². The third-order valence-electron chi connectivity index (χ3n) is 2.17. The van der Waals surface area contributed by atoms with E-state index in [1.54, 1.807) is 18.5 Å². The standard InChI is InChI=1S/C9H9NO/c1-6-4-9(11)7-2-3-10-5-8(6)7/h2-3,5-6H,4H2,1H3/t6-/m1/s1. The van der Waals surface area contributed by atoms with Crippen LogP contribution in [0, 0.1) is 0 Å². The lowest BCUT2D eigenvalue weighted by molar-refractivity contribution is 0.0990. The molecule has 1 aromatic rings. The fraction of sp³-hybridized carbons (Fsp3) is 0.333. The third-order valence-corrected chi connectivity index (χ3v) is 2.17. The Labute approximate surface area is 65.3 Å². The van der Waals surface area contributed by atoms with Crippen LogP contribution in [0.3, 0.4) is 0 Å². The van der Waals surface area contributed by atoms with Crippen molar-refractivity contribution in [1.29, 1.82) is 0 Å². The molecule has 2 heteroatoms. The smallest absolute Gasteiger partial charge is 0.163 e. The van der Waals surface area contributed by atoms with Crippen molar-refractivity contribution in [1.82, 2.24) is 4.98 Å². The second-order valence-corrected chi connectivity index (χ2v) is 2.99. The molecule has 0 spiro atoms. The minimum Gasteiger partial charge on any atom is -0.294 e. The number of hydrogen-bond acceptors (Lipinski definition) is 2. The Morgan fingerprint density at radius 3 is 3.18 bits per heavy atom. The van der Waals surface area contributed by atoms with Crippen molar-refractivity contribution in [2.24, 2.45) is 0 Å². The molecule has 1 heterocycles. The van der Waals surface area contributed by atoms with Crippen LogP contribution in [-0.2, 0) is 0 Å². The summed E-state index contributed by atoms with van der Waals surface area (Å²) in [5, 5.41) is 0. The molecular formula is C9H9NO. The average Bonchev–Trinajstić information content (AvgIpc) is 2.30. The highest BCUT2D eigenvalue weighted by Crippen LogP contribution is 2.30. The molecule has 1 aliphatic carbocycles. The van der Waals surface area contributed by atoms with Crippen molar-refractivity contribution in [3.05, 3.63) is 29.6 Å². The van der Waals surface area contributed by atoms with Crippen molar-refractivity contribution in [2.45, 2.75) is 19.3 Å². The van der Waals surface area contributed by atoms with Crippen LogP contribution in [0.4, 0.5) is 0 Å². The second kappa shape index (κ2) is 2.16. The van der Waals surface area contributed by atoms with E-state index in [9.17, 15) is 4.79 Å². The maximum Gasteiger partial charge on any atom is 0.163 e. The van der Waals surface area contributed by atoms with Gasteiger partial charge in [-0.1, -0.05) is 6.92 Å². The second-order valence-electron chi connectivity index (χ2n) is 2.99. The van der Waals surface area contributed by atoms with E-state index >= 15 is 0 Å². The first-order valence-corrected chi connectivity index (χ1v) is 3.76. The van der Waals surface area contributed by atoms with Gasteiger partial charge in [0.05, 0.1) is 0 Å². The third kappa shape index (κ3) is 0.862. The van der Waals surface area contributed by atoms with Gasteiger partial charge in [-0.15, -0.1) is 0 Å². The summed E-state index contributed by atoms with van der Waals surface area (Å²) in [6.07, 6.45) is 4.13. The first-order valence-electron chi connectivity index (χ1n) is 3.76. The van der Waals surface area contributed by atoms with Gasteiger partial charge >= 0.3 is 0 Å². The predicted octanol–water partition coefficient (Wildman–Crippen LogP) is 1.77. The fourth-order valence-electron chi connectivity index (χ4n) is 1.55. The number of Topliss-reactive ketones (excluding diaryl/α,β-unsaturated/α-hetero) is 1. The molecule has 0 amide bonds. The molecule has 0 fully saturated rings. The summed E-state index contributed by atoms with van der Waals surface area (Å²) in [7, 11) is 0. The number of carbonyl (C=O) groups is 1. The molecule has 2 nitrogen and oxygen atoms in total. The molecule has 0 saturated heterocycles. The van der Waals surface area contributed by atoms with Gasteiger partial charge in [-0.2, -0.15) is 0 Å². The van der Waals surface area contributed by atoms with Gasteiger partial charge in [0.2, 0.25) is 0 Å². The zero-order chi connectivity index (χ0) is 7.84. The van der Waals surface area contributed by atoms with Crippen molar-refractivity contribution < 1.29 is 4.79 Å². The molecule has 1 aromatic heterocycles. The molecule has 11 heavy (non-hydrogen) atoms. The highest BCUT2D eigenvalue weighted by molar-refractivity contribution is 6.00. The summed E-state index contributed by atoms with van der Waals surface area (Å²) in [4.78, 5) is 15.2. The van der Waals surface area contributed by atoms with E-state index in [1.165, 1.54) is 0 Å². The Morgan fingerprint density at radius 2 is 2.45 bits per heavy atom. The summed E-state index contributed by atoms with van der Waals surface area (Å²) in [5.41, 5.74) is 1.98. The van der Waals surface area contributed by atoms with Crippen molar-refractivity contribution in [3.63, 3.8) is 0 Å². The molecule has 0 unspecified atom stereocenters. The van der Waals surface area contributed by atoms with Gasteiger partial charge in [0, 0.05) is 24.4 Å². The first-order chi connectivity index (χ1) is 5.29. The lowest BCUT2D eigenvalue weighted by Gasteiger charge is -1.98. The van der Waals surface area contributed by atoms with Gasteiger partial charge in [0.25, 0.3) is 0 Å². The van der Waals surface area contributed by atoms with Crippen molar-refractivity contribution >= 4 is 5.78 Å². The maximum absolute atomic E-state index is 11.2. The van der Waals surface area contributed by atoms with Crippen LogP contribution < -0.4 is 0 Å². The van der Waals surface area contributed by atoms with Crippen LogP contribution in [0.2, 0.25) is 0 Å². The number of carbonyl (C=O) groups excluding carboxylic acids is 1. The number of ketones is 1. The van der Waals surface area contributed by atoms with Gasteiger partial charge in [0.1, 0.15) is 0 Å². The minimum atomic E-state index is 0.259. The Kier molecular flexibility index (Phi) is 1.28. The zero-order valence-electron chi connectivity index (χ0n) is 6.37. The Bertz CT molecular complexity index is 306. The monoisotopic (exact) mass is 147 g/mol. The van der Waals surface area contributed by atoms with Crippen LogP contribution in [0.15, 0.2) is 18.5 Å². The summed E-state index contributed by atoms with van der Waals surface area (Å²) in [6, 6.07) is 1.81. The molecular weight excluding hydrogens is 138 g/mol. The van der Waals surface area contributed by atoms with Gasteiger partial charge in [0.15, 0.2) is 5.78 Å². The van der Waals surface area contributed by atoms with Crippen LogP contribution in [0.1, 0.15) is 35.2 Å². The van der Waals surface area contributed by atoms with E-state index in [1.807, 2.05) is 0 Å². The van der Waals surface area contributed by atoms with Crippen LogP contribution >= 0.6 is 0 Å². The summed E-state index contributed by atoms with van der Waals surface area (Å²) < 4.78 is 0. The zero-order valence-corrected chi connectivity index (χ0v) is 6.37. The first kappa shape index (κ1) is 6.53. The maximum atomic E-state index is 11.2. The molecule has 0 saturated carbocycles. The van der Waals surface area contributed by atoms with E-state index < -0.39 is 0 Å². The predicted molar refractivity (Wildman–Crippen MR) is 41.6 cm³/mol. The molecule has 56 valence electrons. The normalized spacial score (nSPS) is 21.9. The SMILES string of the molecule is C[C@@H]1CC(=O)c2ccncc21. The van der Waals surface area contributed by atoms with Gasteiger partial charge in [-0.3, -0.25) is 9.78 Å². The largest absolute Gasteiger partial charge is 0.294 e. The molecule has 2 rings (SSSR count). The van der Waals surface area contributed by atoms with E-state index in [0.29, 0.717) is 12.3 Å². The highest BCUT2D eigenvalue weighted by atomic mass is 16.1. The van der Waals surface area contributed by atoms with E-state index in [2.05, 4.69) is 11.9 Å². The summed E-state index contributed by atoms with van der Waals surface area (Å²) in [6.45, 7) is 2.06. The van der Waals surface area contributed by atoms with Crippen LogP contribution in [0.25, 0.3) is 0 Å². The minimum absolute atomic E-state index is 0.259. The van der Waals surface area contributed by atoms with Gasteiger partial charge < -0.3 is 0 Å². The Balaban J connectivity index is 2.60. The lowest BCUT2D eigenvalue weighted by atomic mass is 10.1. The Morgan fingerprint density at radius 1 is 1.64 bits per heavy atom. The number of hydrogen-bond donors (Lipinski definition) is 0. The highest BCUT2D eigenvalue weighted by Gasteiger charge is 2.25. The molecule has 0 aromatic carbocycles. The molecule has 0 radical (unpaired) electrons. The topological polar surface area (TPSA) is 30.0 Å². The van der Waals surface area contributed by atoms with Crippen molar-refractivity contribution in [3.8, 4) is 0 Å². The number of pyridine rings is 1. The van der Waals surface area contributed by atoms with Crippen molar-refractivity contribution in [2.75, 3.05) is 0 Å². The van der Waals surface area contributed by atoms with Crippen LogP contribution in [-0.4, -0.2) is 10.8 Å². The molecule has 1 aliphatic rings. The number of fused-ring (bicyclic) bond motifs is 1. The lowest BCUT2D eigenvalue weighted by Crippen LogP contribution is -1.90. The summed E-state index contributed by atoms with van der Waals surface area (Å²) in [5.74, 6) is 0.626. The molecule has 1 atom stereocenters. The average molecular weight is 147 g/mol. The molecule has 0 N–H and O–H groups in total. The molecule has 0 aliphatic heterocycles. The van der Waals surface area contributed by atoms with Gasteiger partial charge in [-0.25, -0.2) is 0 Å². The number of rotatable bonds is 0. The number of aromatic nitrogens is 1. The summed E-state index contributed by atoms with van der Waals surface area (Å²) >= 11 is 0. The molecule has 0 bridgehead atoms. The number of nitrogens with zero attached hydrogens (tertiary/aromatic N) is 1. The Hall–Kier alpha value is -1.18. The van der Waals surface area contributed by atoms with Gasteiger partial charge in [-0.05, 0) is 17.5 Å². The van der Waals surface area contributed by atoms with Crippen LogP contribution in [0.5, 0.6) is 0 Å². The quantitative estimate of drug-likeness (QED) is 0.559.